The van der Waals surface area contributed by atoms with E-state index in [2.05, 4.69) is 34.5 Å². The number of non-ortho nitro benzene ring substituents is 2. The van der Waals surface area contributed by atoms with Crippen LogP contribution in [0.15, 0.2) is 112 Å². The van der Waals surface area contributed by atoms with Crippen molar-refractivity contribution in [1.29, 1.82) is 0 Å². The number of nitro benzene ring substituents is 2. The summed E-state index contributed by atoms with van der Waals surface area (Å²) in [7, 11) is 0. The Morgan fingerprint density at radius 1 is 0.822 bits per heavy atom. The van der Waals surface area contributed by atoms with Crippen LogP contribution in [-0.4, -0.2) is 39.8 Å². The van der Waals surface area contributed by atoms with Gasteiger partial charge in [-0.1, -0.05) is 47.8 Å². The molecule has 1 fully saturated rings. The van der Waals surface area contributed by atoms with Crippen molar-refractivity contribution in [2.24, 2.45) is 0 Å². The molecule has 2 aliphatic heterocycles. The Bertz CT molecular complexity index is 1790. The first-order valence-electron chi connectivity index (χ1n) is 13.9. The van der Waals surface area contributed by atoms with Gasteiger partial charge in [-0.15, -0.1) is 0 Å². The molecule has 226 valence electrons. The number of imide groups is 1. The van der Waals surface area contributed by atoms with Gasteiger partial charge in [-0.05, 0) is 72.2 Å². The van der Waals surface area contributed by atoms with Gasteiger partial charge < -0.3 is 10.2 Å². The van der Waals surface area contributed by atoms with Crippen LogP contribution in [-0.2, 0) is 4.79 Å². The number of nitrogens with zero attached hydrogens (tertiary/aromatic N) is 4. The van der Waals surface area contributed by atoms with Crippen molar-refractivity contribution in [3.63, 3.8) is 0 Å². The largest absolute Gasteiger partial charge is 0.340 e. The molecule has 1 N–H and O–H groups in total. The fraction of sp³-hybridized carbons (Fsp3) is 0.125. The fourth-order valence-electron chi connectivity index (χ4n) is 5.10. The molecule has 0 spiro atoms. The third-order valence-corrected chi connectivity index (χ3v) is 9.66. The molecule has 3 amide bonds. The Morgan fingerprint density at radius 2 is 1.38 bits per heavy atom. The van der Waals surface area contributed by atoms with Crippen LogP contribution >= 0.6 is 23.5 Å². The number of thioether (sulfide) groups is 1. The quantitative estimate of drug-likeness (QED) is 0.0897. The molecule has 6 rings (SSSR count). The summed E-state index contributed by atoms with van der Waals surface area (Å²) in [6, 6.07) is 27.2. The summed E-state index contributed by atoms with van der Waals surface area (Å²) in [5.74, 6) is -0.532. The number of amides is 3. The van der Waals surface area contributed by atoms with Crippen molar-refractivity contribution in [2.45, 2.75) is 21.6 Å². The molecule has 0 bridgehead atoms. The number of anilines is 2. The van der Waals surface area contributed by atoms with Crippen molar-refractivity contribution in [2.75, 3.05) is 18.0 Å². The van der Waals surface area contributed by atoms with Gasteiger partial charge in [0.25, 0.3) is 17.3 Å². The Labute approximate surface area is 266 Å². The maximum atomic E-state index is 13.6. The number of nitrogens with one attached hydrogen (secondary N) is 1. The second kappa shape index (κ2) is 12.8. The van der Waals surface area contributed by atoms with E-state index in [-0.39, 0.29) is 16.3 Å². The summed E-state index contributed by atoms with van der Waals surface area (Å²) >= 11 is 2.86. The second-order valence-electron chi connectivity index (χ2n) is 10.1. The van der Waals surface area contributed by atoms with Crippen molar-refractivity contribution in [1.82, 2.24) is 10.2 Å². The molecular formula is C32H25N5O6S2. The van der Waals surface area contributed by atoms with Gasteiger partial charge in [0.15, 0.2) is 0 Å². The minimum Gasteiger partial charge on any atom is -0.340 e. The maximum Gasteiger partial charge on any atom is 0.325 e. The number of rotatable bonds is 8. The van der Waals surface area contributed by atoms with Gasteiger partial charge in [0, 0.05) is 47.1 Å². The van der Waals surface area contributed by atoms with Crippen molar-refractivity contribution < 1.29 is 19.4 Å². The second-order valence-corrected chi connectivity index (χ2v) is 12.3. The zero-order valence-electron chi connectivity index (χ0n) is 23.6. The molecule has 4 aromatic carbocycles. The molecule has 45 heavy (non-hydrogen) atoms. The molecule has 2 aliphatic rings. The molecular weight excluding hydrogens is 615 g/mol. The SMILES string of the molecule is O=C(NCCCN1c2ccccc2Sc2ccccc21)N1C(=O)/C(=C/c2ccc([N+](=O)[O-])cc2)SC1c1ccc([N+](=O)[O-])cc1. The monoisotopic (exact) mass is 639 g/mol. The standard InChI is InChI=1S/C32H25N5O6S2/c38-30-29(20-21-10-14-23(15-11-21)36(40)41)45-31(22-12-16-24(17-13-22)37(42)43)35(30)32(39)33-18-5-19-34-25-6-1-3-8-27(25)44-28-9-4-2-7-26(28)34/h1-4,6-17,20,31H,5,18-19H2,(H,33,39)/b29-20-. The van der Waals surface area contributed by atoms with Crippen molar-refractivity contribution in [3.8, 4) is 0 Å². The third kappa shape index (κ3) is 6.26. The van der Waals surface area contributed by atoms with Crippen LogP contribution in [0.5, 0.6) is 0 Å². The number of carbonyl (C=O) groups excluding carboxylic acids is 2. The van der Waals surface area contributed by atoms with Gasteiger partial charge in [0.1, 0.15) is 5.37 Å². The molecule has 1 saturated heterocycles. The molecule has 0 aliphatic carbocycles. The van der Waals surface area contributed by atoms with Gasteiger partial charge >= 0.3 is 6.03 Å². The van der Waals surface area contributed by atoms with Gasteiger partial charge in [-0.3, -0.25) is 25.0 Å². The minimum atomic E-state index is -0.763. The van der Waals surface area contributed by atoms with Crippen LogP contribution in [0.3, 0.4) is 0 Å². The lowest BCUT2D eigenvalue weighted by Crippen LogP contribution is -2.42. The van der Waals surface area contributed by atoms with E-state index in [9.17, 15) is 29.8 Å². The Balaban J connectivity index is 1.19. The third-order valence-electron chi connectivity index (χ3n) is 7.28. The van der Waals surface area contributed by atoms with E-state index in [0.29, 0.717) is 30.6 Å². The van der Waals surface area contributed by atoms with Crippen LogP contribution < -0.4 is 10.2 Å². The number of urea groups is 1. The average molecular weight is 640 g/mol. The van der Waals surface area contributed by atoms with Crippen molar-refractivity contribution in [3.05, 3.63) is 133 Å². The number of nitro groups is 2. The van der Waals surface area contributed by atoms with E-state index in [1.807, 2.05) is 24.3 Å². The highest BCUT2D eigenvalue weighted by Gasteiger charge is 2.41. The van der Waals surface area contributed by atoms with Gasteiger partial charge in [0.05, 0.1) is 26.1 Å². The summed E-state index contributed by atoms with van der Waals surface area (Å²) in [4.78, 5) is 54.2. The van der Waals surface area contributed by atoms with E-state index in [1.165, 1.54) is 48.5 Å². The predicted octanol–water partition coefficient (Wildman–Crippen LogP) is 7.52. The van der Waals surface area contributed by atoms with Crippen LogP contribution in [0.4, 0.5) is 27.5 Å². The summed E-state index contributed by atoms with van der Waals surface area (Å²) < 4.78 is 0. The van der Waals surface area contributed by atoms with E-state index < -0.39 is 27.2 Å². The molecule has 13 heteroatoms. The van der Waals surface area contributed by atoms with E-state index >= 15 is 0 Å². The Kier molecular flexibility index (Phi) is 8.54. The van der Waals surface area contributed by atoms with E-state index in [0.717, 1.165) is 37.8 Å². The number of para-hydroxylation sites is 2. The first-order chi connectivity index (χ1) is 21.8. The molecule has 1 unspecified atom stereocenters. The Hall–Kier alpha value is -5.14. The molecule has 11 nitrogen and oxygen atoms in total. The summed E-state index contributed by atoms with van der Waals surface area (Å²) in [5.41, 5.74) is 3.10. The summed E-state index contributed by atoms with van der Waals surface area (Å²) in [6.07, 6.45) is 2.17. The molecule has 0 radical (unpaired) electrons. The van der Waals surface area contributed by atoms with Gasteiger partial charge in [-0.2, -0.15) is 0 Å². The predicted molar refractivity (Wildman–Crippen MR) is 173 cm³/mol. The lowest BCUT2D eigenvalue weighted by Gasteiger charge is -2.32. The van der Waals surface area contributed by atoms with Gasteiger partial charge in [-0.25, -0.2) is 9.69 Å². The van der Waals surface area contributed by atoms with E-state index in [1.54, 1.807) is 17.8 Å². The van der Waals surface area contributed by atoms with E-state index in [4.69, 9.17) is 0 Å². The smallest absolute Gasteiger partial charge is 0.325 e. The maximum absolute atomic E-state index is 13.6. The normalized spacial score (nSPS) is 16.3. The first kappa shape index (κ1) is 29.9. The molecule has 2 heterocycles. The number of hydrogen-bond donors (Lipinski definition) is 1. The highest BCUT2D eigenvalue weighted by molar-refractivity contribution is 8.04. The number of benzene rings is 4. The Morgan fingerprint density at radius 3 is 1.96 bits per heavy atom. The summed E-state index contributed by atoms with van der Waals surface area (Å²) in [6.45, 7) is 0.935. The van der Waals surface area contributed by atoms with Gasteiger partial charge in [0.2, 0.25) is 0 Å². The van der Waals surface area contributed by atoms with Crippen LogP contribution in [0.1, 0.15) is 22.9 Å². The van der Waals surface area contributed by atoms with Crippen molar-refractivity contribution >= 4 is 64.3 Å². The zero-order valence-corrected chi connectivity index (χ0v) is 25.2. The highest BCUT2D eigenvalue weighted by atomic mass is 32.2. The van der Waals surface area contributed by atoms with Crippen LogP contribution in [0, 0.1) is 20.2 Å². The highest BCUT2D eigenvalue weighted by Crippen LogP contribution is 2.48. The molecule has 4 aromatic rings. The number of carbonyl (C=O) groups is 2. The molecule has 0 aromatic heterocycles. The molecule has 1 atom stereocenters. The lowest BCUT2D eigenvalue weighted by atomic mass is 10.1. The van der Waals surface area contributed by atoms with Crippen LogP contribution in [0.2, 0.25) is 0 Å². The number of fused-ring (bicyclic) bond motifs is 2. The summed E-state index contributed by atoms with van der Waals surface area (Å²) in [5, 5.41) is 24.4. The topological polar surface area (TPSA) is 139 Å². The molecule has 0 saturated carbocycles. The first-order valence-corrected chi connectivity index (χ1v) is 15.6. The zero-order chi connectivity index (χ0) is 31.5. The number of hydrogen-bond acceptors (Lipinski definition) is 9. The minimum absolute atomic E-state index is 0.0809. The lowest BCUT2D eigenvalue weighted by molar-refractivity contribution is -0.385. The van der Waals surface area contributed by atoms with Crippen LogP contribution in [0.25, 0.3) is 6.08 Å². The average Bonchev–Trinajstić information content (AvgIpc) is 3.38. The fourth-order valence-corrected chi connectivity index (χ4v) is 7.43.